The monoisotopic (exact) mass is 263 g/mol. The molecular weight excluding hydrogens is 246 g/mol. The third-order valence-corrected chi connectivity index (χ3v) is 2.56. The normalized spacial score (nSPS) is 12.6. The number of phenols is 1. The second-order valence-electron chi connectivity index (χ2n) is 4.12. The molecule has 0 unspecified atom stereocenters. The minimum Gasteiger partial charge on any atom is -0.508 e. The number of phenolic OH excluding ortho intramolecular Hbond substituents is 1. The Kier molecular flexibility index (Phi) is 5.60. The van der Waals surface area contributed by atoms with Gasteiger partial charge in [0.15, 0.2) is 0 Å². The number of esters is 1. The maximum absolute atomic E-state index is 11.6. The van der Waals surface area contributed by atoms with Crippen molar-refractivity contribution in [3.63, 3.8) is 0 Å². The van der Waals surface area contributed by atoms with E-state index in [1.54, 1.807) is 31.2 Å². The standard InChI is InChI=1S/C14H17NO4/c1-10(9-16)8-15-13(14(18)19-2)7-11-3-5-12(17)6-4-11/h3-6,8-9,13,15,17H,7H2,1-2H3/t13-/m0/s1. The first kappa shape index (κ1) is 14.8. The Balaban J connectivity index is 2.77. The fourth-order valence-electron chi connectivity index (χ4n) is 1.49. The Hall–Kier alpha value is -2.30. The number of rotatable bonds is 6. The average Bonchev–Trinajstić information content (AvgIpc) is 2.44. The summed E-state index contributed by atoms with van der Waals surface area (Å²) in [6.07, 6.45) is 2.58. The summed E-state index contributed by atoms with van der Waals surface area (Å²) in [5, 5.41) is 12.1. The molecule has 102 valence electrons. The maximum Gasteiger partial charge on any atom is 0.328 e. The number of allylic oxidation sites excluding steroid dienone is 1. The average molecular weight is 263 g/mol. The van der Waals surface area contributed by atoms with Crippen LogP contribution in [-0.2, 0) is 20.7 Å². The number of benzene rings is 1. The highest BCUT2D eigenvalue weighted by Gasteiger charge is 2.18. The fraction of sp³-hybridized carbons (Fsp3) is 0.286. The second kappa shape index (κ2) is 7.20. The zero-order valence-electron chi connectivity index (χ0n) is 10.9. The van der Waals surface area contributed by atoms with Crippen LogP contribution < -0.4 is 5.32 Å². The van der Waals surface area contributed by atoms with Gasteiger partial charge >= 0.3 is 5.97 Å². The van der Waals surface area contributed by atoms with Crippen LogP contribution in [0.1, 0.15) is 12.5 Å². The summed E-state index contributed by atoms with van der Waals surface area (Å²) in [6, 6.07) is 5.98. The van der Waals surface area contributed by atoms with Crippen LogP contribution in [0.3, 0.4) is 0 Å². The molecule has 1 atom stereocenters. The summed E-state index contributed by atoms with van der Waals surface area (Å²) in [5.41, 5.74) is 1.36. The van der Waals surface area contributed by atoms with Crippen LogP contribution in [0.15, 0.2) is 36.0 Å². The number of hydrogen-bond acceptors (Lipinski definition) is 5. The van der Waals surface area contributed by atoms with E-state index in [1.165, 1.54) is 13.3 Å². The number of ether oxygens (including phenoxy) is 1. The lowest BCUT2D eigenvalue weighted by Gasteiger charge is -2.15. The van der Waals surface area contributed by atoms with Gasteiger partial charge in [0, 0.05) is 18.2 Å². The molecule has 0 radical (unpaired) electrons. The second-order valence-corrected chi connectivity index (χ2v) is 4.12. The first-order chi connectivity index (χ1) is 9.06. The van der Waals surface area contributed by atoms with Gasteiger partial charge < -0.3 is 15.2 Å². The molecule has 0 saturated carbocycles. The summed E-state index contributed by atoms with van der Waals surface area (Å²) >= 11 is 0. The molecule has 2 N–H and O–H groups in total. The summed E-state index contributed by atoms with van der Waals surface area (Å²) in [7, 11) is 1.31. The summed E-state index contributed by atoms with van der Waals surface area (Å²) in [6.45, 7) is 1.63. The lowest BCUT2D eigenvalue weighted by atomic mass is 10.1. The van der Waals surface area contributed by atoms with Gasteiger partial charge in [-0.25, -0.2) is 4.79 Å². The first-order valence-electron chi connectivity index (χ1n) is 5.80. The van der Waals surface area contributed by atoms with Gasteiger partial charge in [0.1, 0.15) is 18.1 Å². The zero-order chi connectivity index (χ0) is 14.3. The molecule has 1 rings (SSSR count). The van der Waals surface area contributed by atoms with E-state index in [9.17, 15) is 14.7 Å². The molecule has 0 amide bonds. The van der Waals surface area contributed by atoms with Crippen LogP contribution in [0.4, 0.5) is 0 Å². The van der Waals surface area contributed by atoms with E-state index in [1.807, 2.05) is 0 Å². The molecule has 5 heteroatoms. The quantitative estimate of drug-likeness (QED) is 0.458. The van der Waals surface area contributed by atoms with Gasteiger partial charge in [0.05, 0.1) is 7.11 Å². The molecule has 0 saturated heterocycles. The molecule has 0 aliphatic rings. The summed E-state index contributed by atoms with van der Waals surface area (Å²) in [4.78, 5) is 22.1. The molecule has 5 nitrogen and oxygen atoms in total. The van der Waals surface area contributed by atoms with Crippen molar-refractivity contribution in [3.8, 4) is 5.75 Å². The SMILES string of the molecule is COC(=O)[C@H](Cc1ccc(O)cc1)NC=C(C)C=O. The molecule has 0 aliphatic heterocycles. The van der Waals surface area contributed by atoms with Crippen molar-refractivity contribution >= 4 is 12.3 Å². The number of hydrogen-bond donors (Lipinski definition) is 2. The van der Waals surface area contributed by atoms with Crippen molar-refractivity contribution in [1.29, 1.82) is 0 Å². The van der Waals surface area contributed by atoms with Crippen molar-refractivity contribution in [2.75, 3.05) is 7.11 Å². The molecular formula is C14H17NO4. The third kappa shape index (κ3) is 4.83. The largest absolute Gasteiger partial charge is 0.508 e. The van der Waals surface area contributed by atoms with Crippen molar-refractivity contribution < 1.29 is 19.4 Å². The maximum atomic E-state index is 11.6. The Morgan fingerprint density at radius 3 is 2.58 bits per heavy atom. The van der Waals surface area contributed by atoms with Crippen molar-refractivity contribution in [3.05, 3.63) is 41.6 Å². The Bertz CT molecular complexity index is 465. The van der Waals surface area contributed by atoms with Crippen molar-refractivity contribution in [2.45, 2.75) is 19.4 Å². The van der Waals surface area contributed by atoms with Gasteiger partial charge in [-0.1, -0.05) is 12.1 Å². The molecule has 0 aliphatic carbocycles. The Morgan fingerprint density at radius 2 is 2.05 bits per heavy atom. The predicted molar refractivity (Wildman–Crippen MR) is 70.6 cm³/mol. The van der Waals surface area contributed by atoms with E-state index in [0.29, 0.717) is 18.3 Å². The van der Waals surface area contributed by atoms with E-state index in [0.717, 1.165) is 5.56 Å². The van der Waals surface area contributed by atoms with Crippen LogP contribution in [0, 0.1) is 0 Å². The highest BCUT2D eigenvalue weighted by atomic mass is 16.5. The van der Waals surface area contributed by atoms with E-state index in [4.69, 9.17) is 4.74 Å². The molecule has 0 spiro atoms. The van der Waals surface area contributed by atoms with E-state index < -0.39 is 12.0 Å². The lowest BCUT2D eigenvalue weighted by molar-refractivity contribution is -0.142. The highest BCUT2D eigenvalue weighted by molar-refractivity contribution is 5.77. The van der Waals surface area contributed by atoms with Gasteiger partial charge in [0.25, 0.3) is 0 Å². The topological polar surface area (TPSA) is 75.6 Å². The Labute approximate surface area is 111 Å². The van der Waals surface area contributed by atoms with Crippen molar-refractivity contribution in [1.82, 2.24) is 5.32 Å². The number of aromatic hydroxyl groups is 1. The molecule has 0 heterocycles. The smallest absolute Gasteiger partial charge is 0.328 e. The fourth-order valence-corrected chi connectivity index (χ4v) is 1.49. The van der Waals surface area contributed by atoms with Crippen LogP contribution in [0.2, 0.25) is 0 Å². The van der Waals surface area contributed by atoms with Gasteiger partial charge in [-0.05, 0) is 24.6 Å². The number of nitrogens with one attached hydrogen (secondary N) is 1. The van der Waals surface area contributed by atoms with E-state index >= 15 is 0 Å². The van der Waals surface area contributed by atoms with E-state index in [2.05, 4.69) is 5.32 Å². The predicted octanol–water partition coefficient (Wildman–Crippen LogP) is 1.17. The minimum atomic E-state index is -0.579. The first-order valence-corrected chi connectivity index (χ1v) is 5.80. The molecule has 19 heavy (non-hydrogen) atoms. The van der Waals surface area contributed by atoms with E-state index in [-0.39, 0.29) is 5.75 Å². The van der Waals surface area contributed by atoms with Crippen LogP contribution in [0.5, 0.6) is 5.75 Å². The number of methoxy groups -OCH3 is 1. The molecule has 0 aromatic heterocycles. The van der Waals surface area contributed by atoms with Crippen LogP contribution in [-0.4, -0.2) is 30.5 Å². The van der Waals surface area contributed by atoms with Gasteiger partial charge in [-0.2, -0.15) is 0 Å². The summed E-state index contributed by atoms with van der Waals surface area (Å²) < 4.78 is 4.71. The third-order valence-electron chi connectivity index (χ3n) is 2.56. The van der Waals surface area contributed by atoms with Gasteiger partial charge in [-0.3, -0.25) is 4.79 Å². The number of aldehydes is 1. The molecule has 0 bridgehead atoms. The molecule has 1 aromatic rings. The molecule has 1 aromatic carbocycles. The van der Waals surface area contributed by atoms with Crippen molar-refractivity contribution in [2.24, 2.45) is 0 Å². The van der Waals surface area contributed by atoms with Crippen LogP contribution in [0.25, 0.3) is 0 Å². The lowest BCUT2D eigenvalue weighted by Crippen LogP contribution is -2.36. The highest BCUT2D eigenvalue weighted by Crippen LogP contribution is 2.11. The molecule has 0 fully saturated rings. The van der Waals surface area contributed by atoms with Gasteiger partial charge in [0.2, 0.25) is 0 Å². The summed E-state index contributed by atoms with van der Waals surface area (Å²) in [5.74, 6) is -0.244. The van der Waals surface area contributed by atoms with Crippen LogP contribution >= 0.6 is 0 Å². The minimum absolute atomic E-state index is 0.169. The number of carbonyl (C=O) groups excluding carboxylic acids is 2. The number of carbonyl (C=O) groups is 2. The zero-order valence-corrected chi connectivity index (χ0v) is 10.9. The van der Waals surface area contributed by atoms with Gasteiger partial charge in [-0.15, -0.1) is 0 Å². The Morgan fingerprint density at radius 1 is 1.42 bits per heavy atom.